The number of nitrogens with zero attached hydrogens (tertiary/aromatic N) is 2. The largest absolute Gasteiger partial charge is 0.497 e. The van der Waals surface area contributed by atoms with Crippen LogP contribution in [-0.4, -0.2) is 18.7 Å². The van der Waals surface area contributed by atoms with Gasteiger partial charge in [-0.2, -0.15) is 5.26 Å². The number of hydrogen-bond acceptors (Lipinski definition) is 6. The molecule has 0 amide bonds. The molecule has 0 saturated carbocycles. The lowest BCUT2D eigenvalue weighted by atomic mass is 10.2. The molecule has 0 saturated heterocycles. The Balaban J connectivity index is 1.71. The number of ether oxygens (including phenoxy) is 2. The van der Waals surface area contributed by atoms with E-state index in [0.717, 1.165) is 41.3 Å². The van der Waals surface area contributed by atoms with Gasteiger partial charge in [0.25, 0.3) is 0 Å². The SMILES string of the molecule is CCCCOc1cccc(NC=C(C#N)c2nc(-c3ccc(OC)cc3)cs2)c1. The van der Waals surface area contributed by atoms with E-state index in [1.54, 1.807) is 13.3 Å². The van der Waals surface area contributed by atoms with E-state index < -0.39 is 0 Å². The molecule has 0 bridgehead atoms. The van der Waals surface area contributed by atoms with E-state index >= 15 is 0 Å². The maximum Gasteiger partial charge on any atom is 0.136 e. The molecule has 0 spiro atoms. The predicted molar refractivity (Wildman–Crippen MR) is 118 cm³/mol. The van der Waals surface area contributed by atoms with Crippen LogP contribution in [0.1, 0.15) is 24.8 Å². The van der Waals surface area contributed by atoms with Crippen molar-refractivity contribution in [2.45, 2.75) is 19.8 Å². The van der Waals surface area contributed by atoms with Gasteiger partial charge in [0.1, 0.15) is 28.1 Å². The van der Waals surface area contributed by atoms with Crippen molar-refractivity contribution in [2.24, 2.45) is 0 Å². The molecule has 0 aliphatic carbocycles. The lowest BCUT2D eigenvalue weighted by Crippen LogP contribution is -1.97. The molecule has 0 aliphatic heterocycles. The maximum atomic E-state index is 9.57. The number of rotatable bonds is 9. The van der Waals surface area contributed by atoms with Crippen LogP contribution in [0, 0.1) is 11.3 Å². The van der Waals surface area contributed by atoms with E-state index in [2.05, 4.69) is 23.3 Å². The number of nitrogens with one attached hydrogen (secondary N) is 1. The average molecular weight is 406 g/mol. The van der Waals surface area contributed by atoms with E-state index in [9.17, 15) is 5.26 Å². The Labute approximate surface area is 175 Å². The van der Waals surface area contributed by atoms with Crippen molar-refractivity contribution in [3.63, 3.8) is 0 Å². The second kappa shape index (κ2) is 10.3. The summed E-state index contributed by atoms with van der Waals surface area (Å²) in [6.45, 7) is 2.83. The third-order valence-corrected chi connectivity index (χ3v) is 5.10. The monoisotopic (exact) mass is 405 g/mol. The molecule has 2 aromatic carbocycles. The van der Waals surface area contributed by atoms with E-state index in [1.807, 2.05) is 53.9 Å². The zero-order valence-electron chi connectivity index (χ0n) is 16.5. The molecule has 3 aromatic rings. The first kappa shape index (κ1) is 20.4. The molecule has 1 heterocycles. The molecule has 1 N–H and O–H groups in total. The number of unbranched alkanes of at least 4 members (excludes halogenated alkanes) is 1. The highest BCUT2D eigenvalue weighted by Gasteiger charge is 2.09. The summed E-state index contributed by atoms with van der Waals surface area (Å²) in [5.41, 5.74) is 3.15. The summed E-state index contributed by atoms with van der Waals surface area (Å²) in [6, 6.07) is 17.6. The lowest BCUT2D eigenvalue weighted by Gasteiger charge is -2.07. The normalized spacial score (nSPS) is 11.0. The van der Waals surface area contributed by atoms with Crippen molar-refractivity contribution in [1.29, 1.82) is 5.26 Å². The minimum atomic E-state index is 0.479. The van der Waals surface area contributed by atoms with Gasteiger partial charge in [-0.15, -0.1) is 11.3 Å². The Morgan fingerprint density at radius 1 is 1.21 bits per heavy atom. The zero-order chi connectivity index (χ0) is 20.5. The van der Waals surface area contributed by atoms with Crippen LogP contribution in [0.25, 0.3) is 16.8 Å². The fourth-order valence-electron chi connectivity index (χ4n) is 2.60. The van der Waals surface area contributed by atoms with Crippen LogP contribution in [0.2, 0.25) is 0 Å². The van der Waals surface area contributed by atoms with Crippen LogP contribution < -0.4 is 14.8 Å². The average Bonchev–Trinajstić information content (AvgIpc) is 3.25. The first-order chi connectivity index (χ1) is 14.2. The van der Waals surface area contributed by atoms with Crippen LogP contribution >= 0.6 is 11.3 Å². The summed E-state index contributed by atoms with van der Waals surface area (Å²) < 4.78 is 10.9. The van der Waals surface area contributed by atoms with E-state index in [-0.39, 0.29) is 0 Å². The third kappa shape index (κ3) is 5.59. The van der Waals surface area contributed by atoms with E-state index in [0.29, 0.717) is 17.2 Å². The summed E-state index contributed by atoms with van der Waals surface area (Å²) in [5, 5.41) is 15.4. The quantitative estimate of drug-likeness (QED) is 0.351. The van der Waals surface area contributed by atoms with Crippen molar-refractivity contribution in [3.05, 3.63) is 65.1 Å². The van der Waals surface area contributed by atoms with Gasteiger partial charge in [-0.1, -0.05) is 19.4 Å². The van der Waals surface area contributed by atoms with Gasteiger partial charge in [0.2, 0.25) is 0 Å². The van der Waals surface area contributed by atoms with Crippen molar-refractivity contribution < 1.29 is 9.47 Å². The molecular weight excluding hydrogens is 382 g/mol. The van der Waals surface area contributed by atoms with Gasteiger partial charge in [-0.3, -0.25) is 0 Å². The maximum absolute atomic E-state index is 9.57. The highest BCUT2D eigenvalue weighted by molar-refractivity contribution is 7.11. The highest BCUT2D eigenvalue weighted by Crippen LogP contribution is 2.27. The van der Waals surface area contributed by atoms with Crippen molar-refractivity contribution >= 4 is 22.6 Å². The van der Waals surface area contributed by atoms with Gasteiger partial charge in [0.05, 0.1) is 19.4 Å². The molecule has 1 aromatic heterocycles. The molecular formula is C23H23N3O2S. The molecule has 5 nitrogen and oxygen atoms in total. The van der Waals surface area contributed by atoms with Crippen LogP contribution in [0.5, 0.6) is 11.5 Å². The molecule has 29 heavy (non-hydrogen) atoms. The Bertz CT molecular complexity index is 1000. The molecule has 3 rings (SSSR count). The standard InChI is InChI=1S/C23H23N3O2S/c1-3-4-12-28-21-7-5-6-19(13-21)25-15-18(14-24)23-26-22(16-29-23)17-8-10-20(27-2)11-9-17/h5-11,13,15-16,25H,3-4,12H2,1-2H3. The van der Waals surface area contributed by atoms with E-state index in [4.69, 9.17) is 9.47 Å². The second-order valence-corrected chi connectivity index (χ2v) is 7.17. The fourth-order valence-corrected chi connectivity index (χ4v) is 3.39. The number of hydrogen-bond donors (Lipinski definition) is 1. The number of methoxy groups -OCH3 is 1. The van der Waals surface area contributed by atoms with Gasteiger partial charge in [-0.05, 0) is 42.8 Å². The number of aromatic nitrogens is 1. The first-order valence-corrected chi connectivity index (χ1v) is 10.3. The van der Waals surface area contributed by atoms with Gasteiger partial charge >= 0.3 is 0 Å². The fraction of sp³-hybridized carbons (Fsp3) is 0.217. The van der Waals surface area contributed by atoms with Crippen LogP contribution in [0.15, 0.2) is 60.1 Å². The summed E-state index contributed by atoms with van der Waals surface area (Å²) in [5.74, 6) is 1.61. The topological polar surface area (TPSA) is 67.2 Å². The Kier molecular flexibility index (Phi) is 7.26. The second-order valence-electron chi connectivity index (χ2n) is 6.31. The Morgan fingerprint density at radius 2 is 2.03 bits per heavy atom. The zero-order valence-corrected chi connectivity index (χ0v) is 17.3. The predicted octanol–water partition coefficient (Wildman–Crippen LogP) is 5.97. The highest BCUT2D eigenvalue weighted by atomic mass is 32.1. The summed E-state index contributed by atoms with van der Waals surface area (Å²) in [6.07, 6.45) is 3.80. The van der Waals surface area contributed by atoms with Crippen LogP contribution in [0.4, 0.5) is 5.69 Å². The van der Waals surface area contributed by atoms with Crippen molar-refractivity contribution in [2.75, 3.05) is 19.0 Å². The number of nitriles is 1. The molecule has 0 radical (unpaired) electrons. The number of allylic oxidation sites excluding steroid dienone is 1. The van der Waals surface area contributed by atoms with Gasteiger partial charge in [0.15, 0.2) is 0 Å². The number of thiazole rings is 1. The van der Waals surface area contributed by atoms with Crippen LogP contribution in [-0.2, 0) is 0 Å². The number of anilines is 1. The first-order valence-electron chi connectivity index (χ1n) is 9.43. The minimum Gasteiger partial charge on any atom is -0.497 e. The van der Waals surface area contributed by atoms with Gasteiger partial charge in [-0.25, -0.2) is 4.98 Å². The number of benzene rings is 2. The third-order valence-electron chi connectivity index (χ3n) is 4.22. The Morgan fingerprint density at radius 3 is 2.76 bits per heavy atom. The van der Waals surface area contributed by atoms with Crippen molar-refractivity contribution in [3.8, 4) is 28.8 Å². The molecule has 0 fully saturated rings. The van der Waals surface area contributed by atoms with Crippen LogP contribution in [0.3, 0.4) is 0 Å². The minimum absolute atomic E-state index is 0.479. The molecule has 148 valence electrons. The Hall–Kier alpha value is -3.30. The smallest absolute Gasteiger partial charge is 0.136 e. The van der Waals surface area contributed by atoms with Crippen molar-refractivity contribution in [1.82, 2.24) is 4.98 Å². The molecule has 0 aliphatic rings. The summed E-state index contributed by atoms with van der Waals surface area (Å²) in [7, 11) is 1.64. The molecule has 0 unspecified atom stereocenters. The van der Waals surface area contributed by atoms with E-state index in [1.165, 1.54) is 11.3 Å². The van der Waals surface area contributed by atoms with Gasteiger partial charge < -0.3 is 14.8 Å². The summed E-state index contributed by atoms with van der Waals surface area (Å²) >= 11 is 1.44. The molecule has 6 heteroatoms. The lowest BCUT2D eigenvalue weighted by molar-refractivity contribution is 0.309. The van der Waals surface area contributed by atoms with Gasteiger partial charge in [0, 0.05) is 28.9 Å². The summed E-state index contributed by atoms with van der Waals surface area (Å²) in [4.78, 5) is 4.61. The molecule has 0 atom stereocenters.